The highest BCUT2D eigenvalue weighted by Crippen LogP contribution is 2.24. The van der Waals surface area contributed by atoms with Crippen LogP contribution in [0.1, 0.15) is 15.9 Å². The fourth-order valence-corrected chi connectivity index (χ4v) is 4.92. The Morgan fingerprint density at radius 2 is 1.72 bits per heavy atom. The maximum absolute atomic E-state index is 12.9. The lowest BCUT2D eigenvalue weighted by atomic mass is 10.2. The van der Waals surface area contributed by atoms with E-state index in [-0.39, 0.29) is 23.2 Å². The molecule has 11 heteroatoms. The zero-order valence-corrected chi connectivity index (χ0v) is 23.0. The molecule has 0 spiro atoms. The Morgan fingerprint density at radius 1 is 1.03 bits per heavy atom. The number of nitrogens with one attached hydrogen (secondary N) is 2. The highest BCUT2D eigenvalue weighted by atomic mass is 79.9. The van der Waals surface area contributed by atoms with Crippen molar-refractivity contribution in [1.82, 2.24) is 9.62 Å². The number of benzene rings is 3. The highest BCUT2D eigenvalue weighted by Gasteiger charge is 2.21. The summed E-state index contributed by atoms with van der Waals surface area (Å²) in [6.45, 7) is 0.924. The van der Waals surface area contributed by atoms with Gasteiger partial charge in [-0.1, -0.05) is 46.3 Å². The number of anilines is 1. The molecule has 1 amide bonds. The first-order chi connectivity index (χ1) is 17.2. The molecular weight excluding hydrogens is 566 g/mol. The number of thiocarbonyl (C=S) groups is 1. The van der Waals surface area contributed by atoms with Crippen molar-refractivity contribution in [2.24, 2.45) is 0 Å². The second kappa shape index (κ2) is 12.9. The summed E-state index contributed by atoms with van der Waals surface area (Å²) in [6, 6.07) is 20.6. The normalized spacial score (nSPS) is 11.2. The van der Waals surface area contributed by atoms with Gasteiger partial charge in [0.05, 0.1) is 17.1 Å². The molecule has 0 radical (unpaired) electrons. The molecule has 0 unspecified atom stereocenters. The first-order valence-corrected chi connectivity index (χ1v) is 13.5. The minimum Gasteiger partial charge on any atom is -0.490 e. The van der Waals surface area contributed by atoms with E-state index in [1.807, 2.05) is 30.3 Å². The highest BCUT2D eigenvalue weighted by molar-refractivity contribution is 9.10. The number of rotatable bonds is 10. The molecule has 3 rings (SSSR count). The van der Waals surface area contributed by atoms with Gasteiger partial charge in [-0.05, 0) is 60.2 Å². The summed E-state index contributed by atoms with van der Waals surface area (Å²) in [7, 11) is -0.581. The van der Waals surface area contributed by atoms with Crippen molar-refractivity contribution in [3.63, 3.8) is 0 Å². The number of ether oxygens (including phenoxy) is 2. The molecule has 0 aliphatic heterocycles. The molecule has 0 aliphatic carbocycles. The lowest BCUT2D eigenvalue weighted by Crippen LogP contribution is -2.34. The van der Waals surface area contributed by atoms with E-state index in [1.54, 1.807) is 37.4 Å². The van der Waals surface area contributed by atoms with Crippen LogP contribution in [-0.4, -0.2) is 51.1 Å². The van der Waals surface area contributed by atoms with Gasteiger partial charge >= 0.3 is 0 Å². The Kier molecular flexibility index (Phi) is 9.97. The molecule has 0 atom stereocenters. The Balaban J connectivity index is 1.63. The molecule has 190 valence electrons. The van der Waals surface area contributed by atoms with Crippen LogP contribution in [0.15, 0.2) is 82.2 Å². The number of hydrogen-bond donors (Lipinski definition) is 2. The Hall–Kier alpha value is -2.83. The van der Waals surface area contributed by atoms with Crippen LogP contribution in [0.25, 0.3) is 0 Å². The zero-order chi connectivity index (χ0) is 26.1. The van der Waals surface area contributed by atoms with Crippen LogP contribution in [0.5, 0.6) is 5.75 Å². The molecule has 0 aromatic heterocycles. The third kappa shape index (κ3) is 7.58. The molecule has 0 saturated heterocycles. The zero-order valence-electron chi connectivity index (χ0n) is 19.7. The van der Waals surface area contributed by atoms with E-state index in [0.29, 0.717) is 28.1 Å². The molecule has 0 bridgehead atoms. The summed E-state index contributed by atoms with van der Waals surface area (Å²) in [5.41, 5.74) is 1.71. The average Bonchev–Trinajstić information content (AvgIpc) is 2.85. The van der Waals surface area contributed by atoms with Crippen molar-refractivity contribution in [2.75, 3.05) is 32.7 Å². The van der Waals surface area contributed by atoms with Gasteiger partial charge in [0.25, 0.3) is 5.91 Å². The molecule has 0 aliphatic rings. The van der Waals surface area contributed by atoms with Gasteiger partial charge in [-0.3, -0.25) is 10.1 Å². The predicted octanol–water partition coefficient (Wildman–Crippen LogP) is 4.42. The standard InChI is InChI=1S/C25H26BrN3O5S2/c1-29(17-18-6-4-3-5-7-18)36(31,32)21-11-9-20(10-12-21)27-25(35)28-24(30)22-16-19(26)8-13-23(22)34-15-14-33-2/h3-13,16H,14-15,17H2,1-2H3,(H2,27,28,30,35). The van der Waals surface area contributed by atoms with Crippen molar-refractivity contribution < 1.29 is 22.7 Å². The summed E-state index contributed by atoms with van der Waals surface area (Å²) in [6.07, 6.45) is 0. The van der Waals surface area contributed by atoms with Crippen LogP contribution >= 0.6 is 28.1 Å². The number of nitrogens with zero attached hydrogens (tertiary/aromatic N) is 1. The first kappa shape index (κ1) is 27.8. The molecule has 0 fully saturated rings. The maximum atomic E-state index is 12.9. The van der Waals surface area contributed by atoms with Crippen molar-refractivity contribution in [3.8, 4) is 5.75 Å². The second-order valence-corrected chi connectivity index (χ2v) is 11.0. The molecule has 2 N–H and O–H groups in total. The van der Waals surface area contributed by atoms with Gasteiger partial charge in [0, 0.05) is 30.9 Å². The fraction of sp³-hybridized carbons (Fsp3) is 0.200. The summed E-state index contributed by atoms with van der Waals surface area (Å²) >= 11 is 8.63. The largest absolute Gasteiger partial charge is 0.490 e. The van der Waals surface area contributed by atoms with Crippen LogP contribution in [-0.2, 0) is 21.3 Å². The van der Waals surface area contributed by atoms with Gasteiger partial charge in [0.15, 0.2) is 5.11 Å². The van der Waals surface area contributed by atoms with Crippen LogP contribution in [0.2, 0.25) is 0 Å². The van der Waals surface area contributed by atoms with Gasteiger partial charge in [0.2, 0.25) is 10.0 Å². The quantitative estimate of drug-likeness (QED) is 0.266. The average molecular weight is 593 g/mol. The lowest BCUT2D eigenvalue weighted by molar-refractivity contribution is 0.0969. The number of methoxy groups -OCH3 is 1. The number of carbonyl (C=O) groups excluding carboxylic acids is 1. The molecule has 0 heterocycles. The van der Waals surface area contributed by atoms with E-state index in [4.69, 9.17) is 21.7 Å². The molecule has 3 aromatic carbocycles. The van der Waals surface area contributed by atoms with Crippen LogP contribution < -0.4 is 15.4 Å². The smallest absolute Gasteiger partial charge is 0.261 e. The molecule has 36 heavy (non-hydrogen) atoms. The van der Waals surface area contributed by atoms with Crippen LogP contribution in [0.4, 0.5) is 5.69 Å². The van der Waals surface area contributed by atoms with Crippen molar-refractivity contribution >= 4 is 54.9 Å². The Labute approximate surface area is 224 Å². The Bertz CT molecular complexity index is 1300. The van der Waals surface area contributed by atoms with Crippen molar-refractivity contribution in [3.05, 3.63) is 88.4 Å². The third-order valence-electron chi connectivity index (χ3n) is 5.03. The molecule has 8 nitrogen and oxygen atoms in total. The van der Waals surface area contributed by atoms with Gasteiger partial charge in [-0.15, -0.1) is 0 Å². The Morgan fingerprint density at radius 3 is 2.39 bits per heavy atom. The number of halogens is 1. The SMILES string of the molecule is COCCOc1ccc(Br)cc1C(=O)NC(=S)Nc1ccc(S(=O)(=O)N(C)Cc2ccccc2)cc1. The predicted molar refractivity (Wildman–Crippen MR) is 147 cm³/mol. The molecular formula is C25H26BrN3O5S2. The van der Waals surface area contributed by atoms with Gasteiger partial charge in [0.1, 0.15) is 12.4 Å². The van der Waals surface area contributed by atoms with E-state index in [2.05, 4.69) is 26.6 Å². The van der Waals surface area contributed by atoms with Gasteiger partial charge in [-0.25, -0.2) is 8.42 Å². The number of carbonyl (C=O) groups is 1. The topological polar surface area (TPSA) is 97.0 Å². The molecule has 3 aromatic rings. The van der Waals surface area contributed by atoms with Gasteiger partial charge < -0.3 is 14.8 Å². The fourth-order valence-electron chi connectivity index (χ4n) is 3.19. The van der Waals surface area contributed by atoms with Crippen molar-refractivity contribution in [1.29, 1.82) is 0 Å². The van der Waals surface area contributed by atoms with E-state index < -0.39 is 15.9 Å². The minimum atomic E-state index is -3.68. The second-order valence-electron chi connectivity index (χ2n) is 7.66. The maximum Gasteiger partial charge on any atom is 0.261 e. The molecule has 0 saturated carbocycles. The summed E-state index contributed by atoms with van der Waals surface area (Å²) in [5.74, 6) is -0.0623. The monoisotopic (exact) mass is 591 g/mol. The van der Waals surface area contributed by atoms with Gasteiger partial charge in [-0.2, -0.15) is 4.31 Å². The lowest BCUT2D eigenvalue weighted by Gasteiger charge is -2.18. The minimum absolute atomic E-state index is 0.0552. The summed E-state index contributed by atoms with van der Waals surface area (Å²) in [5, 5.41) is 5.57. The van der Waals surface area contributed by atoms with E-state index in [0.717, 1.165) is 5.56 Å². The van der Waals surface area contributed by atoms with E-state index in [1.165, 1.54) is 23.5 Å². The van der Waals surface area contributed by atoms with E-state index in [9.17, 15) is 13.2 Å². The third-order valence-corrected chi connectivity index (χ3v) is 7.54. The van der Waals surface area contributed by atoms with E-state index >= 15 is 0 Å². The summed E-state index contributed by atoms with van der Waals surface area (Å²) < 4.78 is 38.5. The van der Waals surface area contributed by atoms with Crippen molar-refractivity contribution in [2.45, 2.75) is 11.4 Å². The number of hydrogen-bond acceptors (Lipinski definition) is 6. The van der Waals surface area contributed by atoms with Crippen LogP contribution in [0.3, 0.4) is 0 Å². The number of amides is 1. The first-order valence-electron chi connectivity index (χ1n) is 10.8. The number of sulfonamides is 1. The summed E-state index contributed by atoms with van der Waals surface area (Å²) in [4.78, 5) is 13.0. The van der Waals surface area contributed by atoms with Crippen LogP contribution in [0, 0.1) is 0 Å².